The second-order valence-corrected chi connectivity index (χ2v) is 4.65. The van der Waals surface area contributed by atoms with Crippen LogP contribution in [0.25, 0.3) is 0 Å². The molecule has 3 heteroatoms. The summed E-state index contributed by atoms with van der Waals surface area (Å²) in [5, 5.41) is 0. The van der Waals surface area contributed by atoms with E-state index in [4.69, 9.17) is 10.5 Å². The molecule has 1 aliphatic heterocycles. The number of ether oxygens (including phenoxy) is 1. The van der Waals surface area contributed by atoms with Crippen LogP contribution in [-0.4, -0.2) is 44.8 Å². The van der Waals surface area contributed by atoms with Crippen molar-refractivity contribution in [1.29, 1.82) is 0 Å². The first-order valence-electron chi connectivity index (χ1n) is 5.68. The Morgan fingerprint density at radius 1 is 1.57 bits per heavy atom. The Hall–Kier alpha value is -0.120. The molecule has 0 bridgehead atoms. The largest absolute Gasteiger partial charge is 0.381 e. The highest BCUT2D eigenvalue weighted by atomic mass is 16.5. The maximum atomic E-state index is 5.60. The van der Waals surface area contributed by atoms with Crippen molar-refractivity contribution in [3.05, 3.63) is 0 Å². The summed E-state index contributed by atoms with van der Waals surface area (Å²) < 4.78 is 5.46. The van der Waals surface area contributed by atoms with E-state index in [1.807, 2.05) is 0 Å². The smallest absolute Gasteiger partial charge is 0.0506 e. The lowest BCUT2D eigenvalue weighted by Gasteiger charge is -2.28. The third-order valence-corrected chi connectivity index (χ3v) is 2.85. The van der Waals surface area contributed by atoms with Gasteiger partial charge in [-0.1, -0.05) is 6.92 Å². The zero-order valence-corrected chi connectivity index (χ0v) is 9.54. The van der Waals surface area contributed by atoms with Gasteiger partial charge >= 0.3 is 0 Å². The Morgan fingerprint density at radius 3 is 2.93 bits per heavy atom. The fraction of sp³-hybridized carbons (Fsp3) is 1.00. The number of rotatable bonds is 5. The molecule has 1 aliphatic rings. The molecule has 84 valence electrons. The summed E-state index contributed by atoms with van der Waals surface area (Å²) in [6.45, 7) is 7.15. The number of nitrogens with two attached hydrogens (primary N) is 1. The third-order valence-electron chi connectivity index (χ3n) is 2.85. The average molecular weight is 200 g/mol. The van der Waals surface area contributed by atoms with Crippen LogP contribution in [0, 0.1) is 11.8 Å². The summed E-state index contributed by atoms with van der Waals surface area (Å²) in [6.07, 6.45) is 2.55. The van der Waals surface area contributed by atoms with Crippen molar-refractivity contribution in [2.45, 2.75) is 19.8 Å². The fourth-order valence-electron chi connectivity index (χ4n) is 2.07. The summed E-state index contributed by atoms with van der Waals surface area (Å²) in [4.78, 5) is 2.39. The molecule has 3 nitrogen and oxygen atoms in total. The van der Waals surface area contributed by atoms with Gasteiger partial charge in [-0.25, -0.2) is 0 Å². The van der Waals surface area contributed by atoms with Crippen molar-refractivity contribution < 1.29 is 4.74 Å². The van der Waals surface area contributed by atoms with Gasteiger partial charge in [0.25, 0.3) is 0 Å². The van der Waals surface area contributed by atoms with Crippen molar-refractivity contribution in [1.82, 2.24) is 4.90 Å². The van der Waals surface area contributed by atoms with E-state index in [2.05, 4.69) is 18.9 Å². The minimum Gasteiger partial charge on any atom is -0.381 e. The quantitative estimate of drug-likeness (QED) is 0.718. The van der Waals surface area contributed by atoms with Crippen molar-refractivity contribution in [3.8, 4) is 0 Å². The van der Waals surface area contributed by atoms with Crippen molar-refractivity contribution >= 4 is 0 Å². The van der Waals surface area contributed by atoms with Crippen LogP contribution in [0.3, 0.4) is 0 Å². The fourth-order valence-corrected chi connectivity index (χ4v) is 2.07. The molecule has 2 atom stereocenters. The van der Waals surface area contributed by atoms with Crippen molar-refractivity contribution in [3.63, 3.8) is 0 Å². The molecule has 0 amide bonds. The van der Waals surface area contributed by atoms with Crippen molar-refractivity contribution in [2.24, 2.45) is 17.6 Å². The zero-order chi connectivity index (χ0) is 10.4. The molecule has 0 aromatic carbocycles. The molecule has 2 N–H and O–H groups in total. The second-order valence-electron chi connectivity index (χ2n) is 4.65. The summed E-state index contributed by atoms with van der Waals surface area (Å²) >= 11 is 0. The molecular weight excluding hydrogens is 176 g/mol. The predicted octanol–water partition coefficient (Wildman–Crippen LogP) is 0.940. The summed E-state index contributed by atoms with van der Waals surface area (Å²) in [6, 6.07) is 0. The molecule has 1 rings (SSSR count). The van der Waals surface area contributed by atoms with Gasteiger partial charge in [0, 0.05) is 19.7 Å². The molecular formula is C11H24N2O. The monoisotopic (exact) mass is 200 g/mol. The van der Waals surface area contributed by atoms with Gasteiger partial charge in [-0.15, -0.1) is 0 Å². The van der Waals surface area contributed by atoms with Crippen LogP contribution >= 0.6 is 0 Å². The molecule has 1 fully saturated rings. The SMILES string of the molecule is CC(CN)CN(C)CC1CCCOC1. The molecule has 0 radical (unpaired) electrons. The highest BCUT2D eigenvalue weighted by molar-refractivity contribution is 4.68. The van der Waals surface area contributed by atoms with Crippen LogP contribution in [0.1, 0.15) is 19.8 Å². The lowest BCUT2D eigenvalue weighted by Crippen LogP contribution is -2.35. The minimum atomic E-state index is 0.601. The van der Waals surface area contributed by atoms with Gasteiger partial charge in [0.05, 0.1) is 6.61 Å². The Kier molecular flexibility index (Phi) is 5.45. The molecule has 1 saturated heterocycles. The van der Waals surface area contributed by atoms with Gasteiger partial charge < -0.3 is 15.4 Å². The third kappa shape index (κ3) is 4.40. The van der Waals surface area contributed by atoms with Gasteiger partial charge in [0.15, 0.2) is 0 Å². The Morgan fingerprint density at radius 2 is 2.36 bits per heavy atom. The van der Waals surface area contributed by atoms with Gasteiger partial charge in [0.2, 0.25) is 0 Å². The summed E-state index contributed by atoms with van der Waals surface area (Å²) in [5.74, 6) is 1.34. The van der Waals surface area contributed by atoms with Crippen LogP contribution in [0.5, 0.6) is 0 Å². The van der Waals surface area contributed by atoms with Crippen LogP contribution in [0.4, 0.5) is 0 Å². The van der Waals surface area contributed by atoms with E-state index in [1.54, 1.807) is 0 Å². The first-order chi connectivity index (χ1) is 6.72. The van der Waals surface area contributed by atoms with E-state index in [9.17, 15) is 0 Å². The predicted molar refractivity (Wildman–Crippen MR) is 59.3 cm³/mol. The second kappa shape index (κ2) is 6.38. The molecule has 1 heterocycles. The standard InChI is InChI=1S/C11H24N2O/c1-10(6-12)7-13(2)8-11-4-3-5-14-9-11/h10-11H,3-9,12H2,1-2H3. The Labute approximate surface area is 87.6 Å². The van der Waals surface area contributed by atoms with Crippen molar-refractivity contribution in [2.75, 3.05) is 39.9 Å². The summed E-state index contributed by atoms with van der Waals surface area (Å²) in [7, 11) is 2.18. The van der Waals surface area contributed by atoms with E-state index in [0.717, 1.165) is 38.8 Å². The van der Waals surface area contributed by atoms with E-state index >= 15 is 0 Å². The van der Waals surface area contributed by atoms with Crippen LogP contribution in [0.2, 0.25) is 0 Å². The van der Waals surface area contributed by atoms with Gasteiger partial charge in [-0.2, -0.15) is 0 Å². The molecule has 0 aliphatic carbocycles. The first-order valence-corrected chi connectivity index (χ1v) is 5.68. The van der Waals surface area contributed by atoms with E-state index in [0.29, 0.717) is 5.92 Å². The lowest BCUT2D eigenvalue weighted by molar-refractivity contribution is 0.0406. The lowest BCUT2D eigenvalue weighted by atomic mass is 10.0. The van der Waals surface area contributed by atoms with Crippen LogP contribution in [0.15, 0.2) is 0 Å². The van der Waals surface area contributed by atoms with Gasteiger partial charge in [-0.05, 0) is 38.3 Å². The molecule has 0 aromatic rings. The Bertz CT molecular complexity index is 146. The Balaban J connectivity index is 2.14. The van der Waals surface area contributed by atoms with E-state index < -0.39 is 0 Å². The molecule has 0 aromatic heterocycles. The van der Waals surface area contributed by atoms with Crippen LogP contribution in [-0.2, 0) is 4.74 Å². The van der Waals surface area contributed by atoms with Crippen LogP contribution < -0.4 is 5.73 Å². The summed E-state index contributed by atoms with van der Waals surface area (Å²) in [5.41, 5.74) is 5.60. The van der Waals surface area contributed by atoms with E-state index in [-0.39, 0.29) is 0 Å². The van der Waals surface area contributed by atoms with Gasteiger partial charge in [-0.3, -0.25) is 0 Å². The number of nitrogens with zero attached hydrogens (tertiary/aromatic N) is 1. The minimum absolute atomic E-state index is 0.601. The van der Waals surface area contributed by atoms with Gasteiger partial charge in [0.1, 0.15) is 0 Å². The molecule has 2 unspecified atom stereocenters. The maximum Gasteiger partial charge on any atom is 0.0506 e. The zero-order valence-electron chi connectivity index (χ0n) is 9.54. The average Bonchev–Trinajstić information content (AvgIpc) is 2.19. The number of hydrogen-bond acceptors (Lipinski definition) is 3. The normalized spacial score (nSPS) is 25.3. The molecule has 0 spiro atoms. The highest BCUT2D eigenvalue weighted by Crippen LogP contribution is 2.14. The maximum absolute atomic E-state index is 5.60. The first kappa shape index (κ1) is 12.0. The highest BCUT2D eigenvalue weighted by Gasteiger charge is 2.16. The molecule has 0 saturated carbocycles. The van der Waals surface area contributed by atoms with E-state index in [1.165, 1.54) is 12.8 Å². The topological polar surface area (TPSA) is 38.5 Å². The number of hydrogen-bond donors (Lipinski definition) is 1. The molecule has 14 heavy (non-hydrogen) atoms.